The summed E-state index contributed by atoms with van der Waals surface area (Å²) in [5.74, 6) is -2.60. The Kier molecular flexibility index (Phi) is 2.71. The highest BCUT2D eigenvalue weighted by Gasteiger charge is 2.23. The fourth-order valence-electron chi connectivity index (χ4n) is 1.11. The zero-order valence-corrected chi connectivity index (χ0v) is 7.49. The second-order valence-corrected chi connectivity index (χ2v) is 2.95. The normalized spacial score (nSPS) is 12.5. The predicted molar refractivity (Wildman–Crippen MR) is 47.4 cm³/mol. The standard InChI is InChI=1S/C9H10FNO3/c1-4-2-3-5(12)6(7(4)10)8(11)9(13)14/h2-3,8,12H,11H2,1H3,(H,13,14). The highest BCUT2D eigenvalue weighted by atomic mass is 19.1. The minimum atomic E-state index is -1.55. The topological polar surface area (TPSA) is 83.5 Å². The Labute approximate surface area is 79.8 Å². The number of carboxylic acids is 1. The van der Waals surface area contributed by atoms with Crippen LogP contribution in [0.4, 0.5) is 4.39 Å². The average Bonchev–Trinajstić information content (AvgIpc) is 2.12. The SMILES string of the molecule is Cc1ccc(O)c(C(N)C(=O)O)c1F. The Morgan fingerprint density at radius 2 is 2.14 bits per heavy atom. The molecule has 1 rings (SSSR count). The summed E-state index contributed by atoms with van der Waals surface area (Å²) in [6, 6.07) is 1.02. The summed E-state index contributed by atoms with van der Waals surface area (Å²) in [7, 11) is 0. The third-order valence-electron chi connectivity index (χ3n) is 1.93. The van der Waals surface area contributed by atoms with Gasteiger partial charge in [0.15, 0.2) is 0 Å². The molecule has 1 aromatic rings. The van der Waals surface area contributed by atoms with Crippen molar-refractivity contribution in [3.05, 3.63) is 29.1 Å². The number of hydrogen-bond donors (Lipinski definition) is 3. The monoisotopic (exact) mass is 199 g/mol. The molecule has 0 saturated heterocycles. The molecule has 76 valence electrons. The van der Waals surface area contributed by atoms with Gasteiger partial charge in [-0.3, -0.25) is 4.79 Å². The van der Waals surface area contributed by atoms with E-state index in [0.717, 1.165) is 0 Å². The van der Waals surface area contributed by atoms with Crippen molar-refractivity contribution in [2.24, 2.45) is 5.73 Å². The zero-order valence-electron chi connectivity index (χ0n) is 7.49. The van der Waals surface area contributed by atoms with Gasteiger partial charge >= 0.3 is 5.97 Å². The van der Waals surface area contributed by atoms with Gasteiger partial charge in [-0.05, 0) is 18.6 Å². The molecule has 0 spiro atoms. The summed E-state index contributed by atoms with van der Waals surface area (Å²) in [5, 5.41) is 17.8. The molecule has 0 fully saturated rings. The van der Waals surface area contributed by atoms with Gasteiger partial charge in [0, 0.05) is 0 Å². The zero-order chi connectivity index (χ0) is 10.9. The molecule has 14 heavy (non-hydrogen) atoms. The summed E-state index contributed by atoms with van der Waals surface area (Å²) in [4.78, 5) is 10.5. The maximum Gasteiger partial charge on any atom is 0.325 e. The third-order valence-corrected chi connectivity index (χ3v) is 1.93. The first-order valence-electron chi connectivity index (χ1n) is 3.91. The Bertz CT molecular complexity index is 379. The smallest absolute Gasteiger partial charge is 0.325 e. The van der Waals surface area contributed by atoms with E-state index in [-0.39, 0.29) is 11.1 Å². The van der Waals surface area contributed by atoms with Crippen molar-refractivity contribution in [3.63, 3.8) is 0 Å². The maximum absolute atomic E-state index is 13.4. The fourth-order valence-corrected chi connectivity index (χ4v) is 1.11. The van der Waals surface area contributed by atoms with Crippen molar-refractivity contribution >= 4 is 5.97 Å². The first-order valence-corrected chi connectivity index (χ1v) is 3.91. The minimum Gasteiger partial charge on any atom is -0.507 e. The number of halogens is 1. The molecular formula is C9H10FNO3. The summed E-state index contributed by atoms with van der Waals surface area (Å²) in [6.45, 7) is 1.47. The molecule has 0 saturated carbocycles. The number of phenolic OH excluding ortho intramolecular Hbond substituents is 1. The van der Waals surface area contributed by atoms with Crippen LogP contribution in [0.1, 0.15) is 17.2 Å². The quantitative estimate of drug-likeness (QED) is 0.661. The Balaban J connectivity index is 3.32. The summed E-state index contributed by atoms with van der Waals surface area (Å²) >= 11 is 0. The number of rotatable bonds is 2. The van der Waals surface area contributed by atoms with Crippen molar-refractivity contribution in [1.82, 2.24) is 0 Å². The van der Waals surface area contributed by atoms with E-state index >= 15 is 0 Å². The predicted octanol–water partition coefficient (Wildman–Crippen LogP) is 0.924. The molecule has 1 atom stereocenters. The molecule has 0 aliphatic rings. The van der Waals surface area contributed by atoms with Crippen molar-refractivity contribution in [1.29, 1.82) is 0 Å². The second kappa shape index (κ2) is 3.63. The largest absolute Gasteiger partial charge is 0.507 e. The summed E-state index contributed by atoms with van der Waals surface area (Å²) in [5.41, 5.74) is 5.08. The van der Waals surface area contributed by atoms with E-state index in [4.69, 9.17) is 10.8 Å². The lowest BCUT2D eigenvalue weighted by molar-refractivity contribution is -0.138. The maximum atomic E-state index is 13.4. The molecular weight excluding hydrogens is 189 g/mol. The van der Waals surface area contributed by atoms with Crippen LogP contribution in [-0.4, -0.2) is 16.2 Å². The van der Waals surface area contributed by atoms with Crippen LogP contribution in [0, 0.1) is 12.7 Å². The van der Waals surface area contributed by atoms with Crippen molar-refractivity contribution in [2.45, 2.75) is 13.0 Å². The van der Waals surface area contributed by atoms with E-state index in [9.17, 15) is 14.3 Å². The number of aliphatic carboxylic acids is 1. The molecule has 0 radical (unpaired) electrons. The minimum absolute atomic E-state index is 0.245. The van der Waals surface area contributed by atoms with Gasteiger partial charge in [-0.15, -0.1) is 0 Å². The summed E-state index contributed by atoms with van der Waals surface area (Å²) in [6.07, 6.45) is 0. The van der Waals surface area contributed by atoms with Gasteiger partial charge in [0.1, 0.15) is 17.6 Å². The number of carboxylic acid groups (broad SMARTS) is 1. The summed E-state index contributed by atoms with van der Waals surface area (Å²) < 4.78 is 13.4. The van der Waals surface area contributed by atoms with Gasteiger partial charge < -0.3 is 15.9 Å². The van der Waals surface area contributed by atoms with Gasteiger partial charge in [-0.2, -0.15) is 0 Å². The highest BCUT2D eigenvalue weighted by molar-refractivity contribution is 5.76. The number of aryl methyl sites for hydroxylation is 1. The first kappa shape index (κ1) is 10.5. The highest BCUT2D eigenvalue weighted by Crippen LogP contribution is 2.27. The molecule has 0 bridgehead atoms. The molecule has 1 unspecified atom stereocenters. The molecule has 4 N–H and O–H groups in total. The molecule has 0 aliphatic heterocycles. The van der Waals surface area contributed by atoms with Gasteiger partial charge in [0.05, 0.1) is 5.56 Å². The molecule has 4 nitrogen and oxygen atoms in total. The van der Waals surface area contributed by atoms with Crippen molar-refractivity contribution < 1.29 is 19.4 Å². The fraction of sp³-hybridized carbons (Fsp3) is 0.222. The van der Waals surface area contributed by atoms with Crippen molar-refractivity contribution in [2.75, 3.05) is 0 Å². The van der Waals surface area contributed by atoms with Crippen LogP contribution in [0.2, 0.25) is 0 Å². The van der Waals surface area contributed by atoms with Crippen LogP contribution < -0.4 is 5.73 Å². The second-order valence-electron chi connectivity index (χ2n) is 2.95. The van der Waals surface area contributed by atoms with Gasteiger partial charge in [-0.1, -0.05) is 6.07 Å². The molecule has 0 amide bonds. The van der Waals surface area contributed by atoms with Crippen LogP contribution >= 0.6 is 0 Å². The number of hydrogen-bond acceptors (Lipinski definition) is 3. The van der Waals surface area contributed by atoms with E-state index in [1.54, 1.807) is 0 Å². The first-order chi connectivity index (χ1) is 6.45. The number of carbonyl (C=O) groups is 1. The van der Waals surface area contributed by atoms with Crippen LogP contribution in [-0.2, 0) is 4.79 Å². The third kappa shape index (κ3) is 1.67. The van der Waals surface area contributed by atoms with Gasteiger partial charge in [0.25, 0.3) is 0 Å². The molecule has 0 aromatic heterocycles. The van der Waals surface area contributed by atoms with Gasteiger partial charge in [-0.25, -0.2) is 4.39 Å². The molecule has 5 heteroatoms. The molecule has 1 aromatic carbocycles. The Hall–Kier alpha value is -1.62. The van der Waals surface area contributed by atoms with Crippen LogP contribution in [0.5, 0.6) is 5.75 Å². The average molecular weight is 199 g/mol. The van der Waals surface area contributed by atoms with Crippen LogP contribution in [0.25, 0.3) is 0 Å². The molecule has 0 aliphatic carbocycles. The lowest BCUT2D eigenvalue weighted by atomic mass is 10.0. The molecule has 0 heterocycles. The van der Waals surface area contributed by atoms with E-state index in [2.05, 4.69) is 0 Å². The van der Waals surface area contributed by atoms with E-state index in [0.29, 0.717) is 0 Å². The lowest BCUT2D eigenvalue weighted by Gasteiger charge is -2.11. The van der Waals surface area contributed by atoms with E-state index < -0.39 is 23.6 Å². The van der Waals surface area contributed by atoms with Crippen LogP contribution in [0.3, 0.4) is 0 Å². The van der Waals surface area contributed by atoms with E-state index in [1.807, 2.05) is 0 Å². The number of nitrogens with two attached hydrogens (primary N) is 1. The number of aromatic hydroxyl groups is 1. The van der Waals surface area contributed by atoms with E-state index in [1.165, 1.54) is 19.1 Å². The van der Waals surface area contributed by atoms with Crippen LogP contribution in [0.15, 0.2) is 12.1 Å². The Morgan fingerprint density at radius 3 is 2.64 bits per heavy atom. The lowest BCUT2D eigenvalue weighted by Crippen LogP contribution is -2.22. The number of benzene rings is 1. The number of phenols is 1. The van der Waals surface area contributed by atoms with Gasteiger partial charge in [0.2, 0.25) is 0 Å². The van der Waals surface area contributed by atoms with Crippen molar-refractivity contribution in [3.8, 4) is 5.75 Å². The Morgan fingerprint density at radius 1 is 1.57 bits per heavy atom.